The van der Waals surface area contributed by atoms with Crippen molar-refractivity contribution in [2.45, 2.75) is 6.92 Å². The predicted octanol–water partition coefficient (Wildman–Crippen LogP) is 6.78. The van der Waals surface area contributed by atoms with Crippen molar-refractivity contribution in [2.24, 2.45) is 0 Å². The highest BCUT2D eigenvalue weighted by molar-refractivity contribution is 6.51. The summed E-state index contributed by atoms with van der Waals surface area (Å²) in [5, 5.41) is 4.69. The lowest BCUT2D eigenvalue weighted by Gasteiger charge is -2.09. The molecule has 2 aromatic carbocycles. The lowest BCUT2D eigenvalue weighted by molar-refractivity contribution is 1.16. The standard InChI is InChI=1S/C22H17Cl2N3/c1-15-7-12-20-26-21(19(24)13-16-5-3-2-4-6-16)22(27(20)14-15)25-18-10-8-17(23)9-11-18/h2-14,25H,1H3/b19-13+. The summed E-state index contributed by atoms with van der Waals surface area (Å²) in [7, 11) is 0. The van der Waals surface area contributed by atoms with Gasteiger partial charge in [0.1, 0.15) is 17.2 Å². The van der Waals surface area contributed by atoms with Crippen LogP contribution >= 0.6 is 23.2 Å². The van der Waals surface area contributed by atoms with Gasteiger partial charge in [-0.25, -0.2) is 4.98 Å². The number of pyridine rings is 1. The van der Waals surface area contributed by atoms with E-state index in [1.807, 2.05) is 90.3 Å². The first kappa shape index (κ1) is 17.7. The molecule has 0 unspecified atom stereocenters. The van der Waals surface area contributed by atoms with Crippen molar-refractivity contribution in [3.8, 4) is 0 Å². The number of aromatic nitrogens is 2. The molecule has 2 heterocycles. The second-order valence-electron chi connectivity index (χ2n) is 6.28. The van der Waals surface area contributed by atoms with Crippen molar-refractivity contribution in [1.29, 1.82) is 0 Å². The van der Waals surface area contributed by atoms with Gasteiger partial charge in [-0.05, 0) is 54.5 Å². The number of anilines is 2. The van der Waals surface area contributed by atoms with Gasteiger partial charge in [-0.15, -0.1) is 0 Å². The maximum Gasteiger partial charge on any atom is 0.144 e. The Bertz CT molecular complexity index is 1110. The molecule has 2 aromatic heterocycles. The van der Waals surface area contributed by atoms with Crippen LogP contribution in [-0.2, 0) is 0 Å². The number of imidazole rings is 1. The largest absolute Gasteiger partial charge is 0.339 e. The highest BCUT2D eigenvalue weighted by atomic mass is 35.5. The molecule has 5 heteroatoms. The van der Waals surface area contributed by atoms with Gasteiger partial charge < -0.3 is 5.32 Å². The monoisotopic (exact) mass is 393 g/mol. The molecule has 27 heavy (non-hydrogen) atoms. The quantitative estimate of drug-likeness (QED) is 0.414. The third kappa shape index (κ3) is 3.85. The summed E-state index contributed by atoms with van der Waals surface area (Å²) in [6.07, 6.45) is 3.96. The number of hydrogen-bond donors (Lipinski definition) is 1. The molecule has 3 nitrogen and oxygen atoms in total. The Morgan fingerprint density at radius 3 is 2.48 bits per heavy atom. The van der Waals surface area contributed by atoms with Crippen LogP contribution in [0.3, 0.4) is 0 Å². The number of hydrogen-bond acceptors (Lipinski definition) is 2. The van der Waals surface area contributed by atoms with Gasteiger partial charge in [0.05, 0.1) is 5.03 Å². The van der Waals surface area contributed by atoms with Crippen molar-refractivity contribution in [2.75, 3.05) is 5.32 Å². The average Bonchev–Trinajstić information content (AvgIpc) is 3.02. The minimum atomic E-state index is 0.569. The van der Waals surface area contributed by atoms with Crippen molar-refractivity contribution in [3.63, 3.8) is 0 Å². The molecule has 0 aliphatic rings. The minimum absolute atomic E-state index is 0.569. The molecule has 134 valence electrons. The molecule has 0 amide bonds. The van der Waals surface area contributed by atoms with Crippen LogP contribution in [-0.4, -0.2) is 9.38 Å². The zero-order valence-corrected chi connectivity index (χ0v) is 16.2. The third-order valence-corrected chi connectivity index (χ3v) is 4.73. The number of nitrogens with one attached hydrogen (secondary N) is 1. The van der Waals surface area contributed by atoms with Crippen LogP contribution in [0, 0.1) is 6.92 Å². The summed E-state index contributed by atoms with van der Waals surface area (Å²) < 4.78 is 2.01. The number of aryl methyl sites for hydroxylation is 1. The molecular formula is C22H17Cl2N3. The second-order valence-corrected chi connectivity index (χ2v) is 7.12. The van der Waals surface area contributed by atoms with E-state index in [0.29, 0.717) is 15.7 Å². The van der Waals surface area contributed by atoms with Gasteiger partial charge in [-0.1, -0.05) is 59.6 Å². The Morgan fingerprint density at radius 1 is 1.00 bits per heavy atom. The molecule has 0 aliphatic carbocycles. The first-order valence-corrected chi connectivity index (χ1v) is 9.30. The number of halogens is 2. The SMILES string of the molecule is Cc1ccc2nc(/C(Cl)=C\c3ccccc3)c(Nc3ccc(Cl)cc3)n2c1. The summed E-state index contributed by atoms with van der Waals surface area (Å²) in [6.45, 7) is 2.05. The van der Waals surface area contributed by atoms with Crippen LogP contribution in [0.1, 0.15) is 16.8 Å². The Kier molecular flexibility index (Phi) is 4.88. The van der Waals surface area contributed by atoms with Gasteiger partial charge in [0, 0.05) is 16.9 Å². The molecule has 0 fully saturated rings. The maximum absolute atomic E-state index is 6.67. The van der Waals surface area contributed by atoms with E-state index in [0.717, 1.165) is 28.3 Å². The van der Waals surface area contributed by atoms with Gasteiger partial charge in [0.25, 0.3) is 0 Å². The first-order chi connectivity index (χ1) is 13.1. The van der Waals surface area contributed by atoms with E-state index in [4.69, 9.17) is 28.2 Å². The normalized spacial score (nSPS) is 11.7. The van der Waals surface area contributed by atoms with Crippen molar-refractivity contribution < 1.29 is 0 Å². The molecule has 0 atom stereocenters. The Hall–Kier alpha value is -2.75. The van der Waals surface area contributed by atoms with Gasteiger partial charge >= 0.3 is 0 Å². The van der Waals surface area contributed by atoms with E-state index in [2.05, 4.69) is 5.32 Å². The van der Waals surface area contributed by atoms with E-state index in [-0.39, 0.29) is 0 Å². The highest BCUT2D eigenvalue weighted by Gasteiger charge is 2.15. The van der Waals surface area contributed by atoms with Crippen LogP contribution in [0.5, 0.6) is 0 Å². The van der Waals surface area contributed by atoms with E-state index < -0.39 is 0 Å². The van der Waals surface area contributed by atoms with Gasteiger partial charge in [-0.3, -0.25) is 4.40 Å². The van der Waals surface area contributed by atoms with Crippen molar-refractivity contribution in [1.82, 2.24) is 9.38 Å². The van der Waals surface area contributed by atoms with Crippen LogP contribution in [0.2, 0.25) is 5.02 Å². The molecule has 0 aliphatic heterocycles. The van der Waals surface area contributed by atoms with Crippen LogP contribution in [0.25, 0.3) is 16.8 Å². The van der Waals surface area contributed by atoms with Crippen molar-refractivity contribution >= 4 is 51.5 Å². The van der Waals surface area contributed by atoms with Crippen LogP contribution in [0.15, 0.2) is 72.9 Å². The number of benzene rings is 2. The van der Waals surface area contributed by atoms with E-state index >= 15 is 0 Å². The fourth-order valence-electron chi connectivity index (χ4n) is 2.87. The molecule has 1 N–H and O–H groups in total. The number of nitrogens with zero attached hydrogens (tertiary/aromatic N) is 2. The zero-order valence-electron chi connectivity index (χ0n) is 14.7. The Morgan fingerprint density at radius 2 is 1.74 bits per heavy atom. The smallest absolute Gasteiger partial charge is 0.144 e. The third-order valence-electron chi connectivity index (χ3n) is 4.19. The molecule has 0 saturated heterocycles. The second kappa shape index (κ2) is 7.47. The maximum atomic E-state index is 6.67. The van der Waals surface area contributed by atoms with Gasteiger partial charge in [-0.2, -0.15) is 0 Å². The molecule has 4 aromatic rings. The predicted molar refractivity (Wildman–Crippen MR) is 115 cm³/mol. The summed E-state index contributed by atoms with van der Waals surface area (Å²) in [5.41, 5.74) is 4.59. The molecule has 0 bridgehead atoms. The molecular weight excluding hydrogens is 377 g/mol. The number of fused-ring (bicyclic) bond motifs is 1. The highest BCUT2D eigenvalue weighted by Crippen LogP contribution is 2.32. The van der Waals surface area contributed by atoms with Gasteiger partial charge in [0.15, 0.2) is 0 Å². The molecule has 4 rings (SSSR count). The Labute approximate surface area is 167 Å². The summed E-state index contributed by atoms with van der Waals surface area (Å²) in [6, 6.07) is 21.5. The molecule has 0 saturated carbocycles. The lowest BCUT2D eigenvalue weighted by Crippen LogP contribution is -1.98. The minimum Gasteiger partial charge on any atom is -0.339 e. The first-order valence-electron chi connectivity index (χ1n) is 8.54. The van der Waals surface area contributed by atoms with Crippen molar-refractivity contribution in [3.05, 3.63) is 94.8 Å². The van der Waals surface area contributed by atoms with E-state index in [1.165, 1.54) is 0 Å². The topological polar surface area (TPSA) is 29.3 Å². The fourth-order valence-corrected chi connectivity index (χ4v) is 3.25. The number of rotatable bonds is 4. The van der Waals surface area contributed by atoms with Crippen LogP contribution in [0.4, 0.5) is 11.5 Å². The summed E-state index contributed by atoms with van der Waals surface area (Å²) >= 11 is 12.7. The van der Waals surface area contributed by atoms with E-state index in [1.54, 1.807) is 0 Å². The van der Waals surface area contributed by atoms with E-state index in [9.17, 15) is 0 Å². The summed E-state index contributed by atoms with van der Waals surface area (Å²) in [4.78, 5) is 4.74. The molecule has 0 radical (unpaired) electrons. The lowest BCUT2D eigenvalue weighted by atomic mass is 10.2. The average molecular weight is 394 g/mol. The molecule has 0 spiro atoms. The summed E-state index contributed by atoms with van der Waals surface area (Å²) in [5.74, 6) is 0.813. The van der Waals surface area contributed by atoms with Crippen LogP contribution < -0.4 is 5.32 Å². The van der Waals surface area contributed by atoms with Gasteiger partial charge in [0.2, 0.25) is 0 Å². The fraction of sp³-hybridized carbons (Fsp3) is 0.0455. The zero-order chi connectivity index (χ0) is 18.8. The Balaban J connectivity index is 1.84.